The average Bonchev–Trinajstić information content (AvgIpc) is 3.72. The second kappa shape index (κ2) is 57.2. The minimum Gasteiger partial charge on any atom is -1.00 e. The number of rotatable bonds is 17. The maximum absolute atomic E-state index is 12.4. The molecule has 424 valence electrons. The summed E-state index contributed by atoms with van der Waals surface area (Å²) in [7, 11) is 1.11. The Kier molecular flexibility index (Phi) is 67.3. The van der Waals surface area contributed by atoms with Gasteiger partial charge in [0.25, 0.3) is 6.29 Å². The molecular weight excluding hydrogens is 1330 g/mol. The molecule has 4 unspecified atom stereocenters. The molecule has 0 spiro atoms. The molecule has 1 aromatic carbocycles. The van der Waals surface area contributed by atoms with Gasteiger partial charge in [0.15, 0.2) is 15.2 Å². The fraction of sp³-hybridized carbons (Fsp3) is 0.711. The zero-order chi connectivity index (χ0) is 56.0. The van der Waals surface area contributed by atoms with E-state index in [2.05, 4.69) is 28.4 Å². The molecule has 2 N–H and O–H groups in total. The van der Waals surface area contributed by atoms with E-state index in [0.717, 1.165) is 56.6 Å². The Morgan fingerprint density at radius 1 is 0.726 bits per heavy atom. The van der Waals surface area contributed by atoms with Gasteiger partial charge in [-0.2, -0.15) is 0 Å². The van der Waals surface area contributed by atoms with Crippen molar-refractivity contribution in [1.29, 1.82) is 0 Å². The summed E-state index contributed by atoms with van der Waals surface area (Å²) in [5.41, 5.74) is -0.0186. The van der Waals surface area contributed by atoms with E-state index in [0.29, 0.717) is 44.8 Å². The van der Waals surface area contributed by atoms with Crippen LogP contribution in [0.4, 0.5) is 24.0 Å². The van der Waals surface area contributed by atoms with Crippen LogP contribution < -0.4 is 53.5 Å². The molecule has 2 rings (SSSR count). The number of aliphatic hydroxyl groups excluding tert-OH is 2. The molecule has 1 aliphatic rings. The van der Waals surface area contributed by atoms with Crippen molar-refractivity contribution in [3.8, 4) is 0 Å². The first-order valence-corrected chi connectivity index (χ1v) is 26.1. The third-order valence-electron chi connectivity index (χ3n) is 7.71. The second-order valence-electron chi connectivity index (χ2n) is 13.3. The summed E-state index contributed by atoms with van der Waals surface area (Å²) in [6.07, 6.45) is 3.38. The van der Waals surface area contributed by atoms with Crippen LogP contribution in [0.15, 0.2) is 24.3 Å². The minimum atomic E-state index is -2.03. The van der Waals surface area contributed by atoms with Gasteiger partial charge in [-0.3, -0.25) is 4.79 Å². The number of halogens is 8. The Balaban J connectivity index is -0.000000158. The Morgan fingerprint density at radius 3 is 1.48 bits per heavy atom. The van der Waals surface area contributed by atoms with Crippen LogP contribution in [0.1, 0.15) is 138 Å². The molecule has 7 atom stereocenters. The predicted molar refractivity (Wildman–Crippen MR) is 280 cm³/mol. The molecule has 0 saturated heterocycles. The number of carbonyl (C=O) groups is 7. The van der Waals surface area contributed by atoms with E-state index in [4.69, 9.17) is 93.7 Å². The van der Waals surface area contributed by atoms with Gasteiger partial charge in [-0.15, -0.1) is 0 Å². The van der Waals surface area contributed by atoms with Crippen LogP contribution in [0.5, 0.6) is 0 Å². The van der Waals surface area contributed by atoms with Crippen molar-refractivity contribution < 1.29 is 145 Å². The van der Waals surface area contributed by atoms with E-state index in [-0.39, 0.29) is 77.0 Å². The summed E-state index contributed by atoms with van der Waals surface area (Å²) in [5, 5.41) is 17.5. The predicted octanol–water partition coefficient (Wildman–Crippen LogP) is 7.45. The molecule has 19 nitrogen and oxygen atoms in total. The van der Waals surface area contributed by atoms with Gasteiger partial charge >= 0.3 is 69.6 Å². The van der Waals surface area contributed by atoms with Crippen LogP contribution in [-0.2, 0) is 63.4 Å². The number of aliphatic hydroxyl groups is 2. The van der Waals surface area contributed by atoms with Gasteiger partial charge in [0.05, 0.1) is 39.0 Å². The fourth-order valence-corrected chi connectivity index (χ4v) is 5.02. The van der Waals surface area contributed by atoms with E-state index in [1.165, 1.54) is 0 Å². The number of esters is 1. The SMILES string of the molecule is CCC(Cl)OC(=O)Cl.CCC=O.CCO.CCOC(=O)OC(CC)OC(=O)[C@@H](C)c1ccc(C[C@H]2CCC[C@@H]2O)cc1.CCOC(=O)OC(Cl)CC.CCOC(=O)OC(I)CC.COC(=O)OC(Cl)(Cl)Cl.[I-].[Na+]. The molecule has 0 amide bonds. The van der Waals surface area contributed by atoms with Gasteiger partial charge in [-0.05, 0) is 148 Å². The average molecular weight is 1410 g/mol. The smallest absolute Gasteiger partial charge is 1.00 e. The second-order valence-corrected chi connectivity index (χ2v) is 18.2. The van der Waals surface area contributed by atoms with Gasteiger partial charge < -0.3 is 86.4 Å². The zero-order valence-electron chi connectivity index (χ0n) is 43.5. The monoisotopic (exact) mass is 1400 g/mol. The number of hydrogen-bond donors (Lipinski definition) is 2. The van der Waals surface area contributed by atoms with Gasteiger partial charge in [0.2, 0.25) is 0 Å². The summed E-state index contributed by atoms with van der Waals surface area (Å²) < 4.78 is 43.5. The largest absolute Gasteiger partial charge is 1.00 e. The molecule has 0 radical (unpaired) electrons. The Bertz CT molecular complexity index is 1520. The summed E-state index contributed by atoms with van der Waals surface area (Å²) in [6, 6.07) is 7.82. The van der Waals surface area contributed by atoms with E-state index in [9.17, 15) is 38.7 Å². The molecule has 28 heteroatoms. The maximum atomic E-state index is 12.4. The van der Waals surface area contributed by atoms with Crippen LogP contribution in [0, 0.1) is 5.92 Å². The van der Waals surface area contributed by atoms with Crippen molar-refractivity contribution in [3.63, 3.8) is 0 Å². The standard InChI is InChI=1S/C21H30O6.C6H11ClO3.C6H11IO3.C4H6Cl2O2.C3H3Cl3O3.C3H6O.C2H6O.HI.Na/c1-4-19(27-21(24)25-5-2)26-20(23)14(3)16-11-9-15(10-12-16)13-17-7-6-8-18(17)22;2*1-3-5(7)10-6(8)9-4-2;1-2-3(5)8-4(6)7;1-8-2(7)9-3(4,5)6;1-2-3-4;1-2-3;;/h9-12,14,17-19,22H,4-8,13H2,1-3H3;2*5H,3-4H2,1-2H3;3H,2H2,1H3;1H3;3H,2H2,1H3;3H,2H2,1H3;1H;/q;;;;;;;;+1/p-1/t14-,17+,18-,19?;;;;;;;;/m0......../s1. The molecule has 1 aromatic rings. The van der Waals surface area contributed by atoms with Gasteiger partial charge in [-0.25, -0.2) is 24.0 Å². The summed E-state index contributed by atoms with van der Waals surface area (Å²) in [6.45, 7) is 18.8. The first-order valence-electron chi connectivity index (χ1n) is 22.4. The quantitative estimate of drug-likeness (QED) is 0.0224. The van der Waals surface area contributed by atoms with E-state index in [1.54, 1.807) is 48.5 Å². The van der Waals surface area contributed by atoms with E-state index < -0.39 is 63.3 Å². The van der Waals surface area contributed by atoms with Crippen LogP contribution >= 0.6 is 92.2 Å². The zero-order valence-corrected chi connectivity index (χ0v) is 54.3. The Morgan fingerprint density at radius 2 is 1.16 bits per heavy atom. The number of carbonyl (C=O) groups excluding carboxylic acids is 7. The number of methoxy groups -OCH3 is 1. The number of benzene rings is 1. The maximum Gasteiger partial charge on any atom is 1.00 e. The molecule has 1 aliphatic carbocycles. The summed E-state index contributed by atoms with van der Waals surface area (Å²) >= 11 is 32.7. The molecule has 73 heavy (non-hydrogen) atoms. The summed E-state index contributed by atoms with van der Waals surface area (Å²) in [4.78, 5) is 74.0. The fourth-order valence-electron chi connectivity index (χ4n) is 4.32. The number of alkyl halides is 6. The van der Waals surface area contributed by atoms with Crippen LogP contribution in [-0.4, -0.2) is 118 Å². The molecule has 1 saturated carbocycles. The number of aldehydes is 1. The van der Waals surface area contributed by atoms with Crippen molar-refractivity contribution in [2.75, 3.05) is 33.5 Å². The van der Waals surface area contributed by atoms with Crippen molar-refractivity contribution in [3.05, 3.63) is 35.4 Å². The summed E-state index contributed by atoms with van der Waals surface area (Å²) in [5.74, 6) is -0.607. The molecule has 0 bridgehead atoms. The van der Waals surface area contributed by atoms with E-state index >= 15 is 0 Å². The van der Waals surface area contributed by atoms with Crippen molar-refractivity contribution in [2.45, 2.75) is 165 Å². The van der Waals surface area contributed by atoms with Crippen molar-refractivity contribution in [2.24, 2.45) is 5.92 Å². The third kappa shape index (κ3) is 58.6. The molecule has 0 aromatic heterocycles. The Labute approximate surface area is 513 Å². The minimum absolute atomic E-state index is 0. The van der Waals surface area contributed by atoms with E-state index in [1.807, 2.05) is 67.6 Å². The molecule has 0 heterocycles. The molecule has 1 fully saturated rings. The Hall–Kier alpha value is -0.970. The van der Waals surface area contributed by atoms with Gasteiger partial charge in [-0.1, -0.05) is 88.5 Å². The first-order chi connectivity index (χ1) is 33.3. The topological polar surface area (TPSA) is 252 Å². The van der Waals surface area contributed by atoms with Gasteiger partial charge in [0, 0.05) is 31.0 Å². The molecule has 0 aliphatic heterocycles. The van der Waals surface area contributed by atoms with Crippen LogP contribution in [0.3, 0.4) is 0 Å². The number of ether oxygens (including phenoxy) is 10. The van der Waals surface area contributed by atoms with Crippen molar-refractivity contribution in [1.82, 2.24) is 0 Å². The van der Waals surface area contributed by atoms with Crippen molar-refractivity contribution >= 4 is 135 Å². The molecular formula is C45H73Cl6I2NaO19. The normalized spacial score (nSPS) is 14.6. The van der Waals surface area contributed by atoms with Crippen LogP contribution in [0.25, 0.3) is 0 Å². The first kappa shape index (κ1) is 85.9. The number of hydrogen-bond acceptors (Lipinski definition) is 19. The third-order valence-corrected chi connectivity index (χ3v) is 9.96. The van der Waals surface area contributed by atoms with Crippen LogP contribution in [0.2, 0.25) is 0 Å². The van der Waals surface area contributed by atoms with Gasteiger partial charge in [0.1, 0.15) is 6.29 Å².